The molecule has 0 aromatic heterocycles. The zero-order chi connectivity index (χ0) is 12.7. The Hall–Kier alpha value is -1.26. The molecule has 0 radical (unpaired) electrons. The third-order valence-corrected chi connectivity index (χ3v) is 2.49. The molecule has 17 heavy (non-hydrogen) atoms. The van der Waals surface area contributed by atoms with Crippen molar-refractivity contribution in [1.82, 2.24) is 5.32 Å². The lowest BCUT2D eigenvalue weighted by atomic mass is 10.1. The Morgan fingerprint density at radius 3 is 2.88 bits per heavy atom. The van der Waals surface area contributed by atoms with Gasteiger partial charge in [0.2, 0.25) is 5.91 Å². The first-order valence-electron chi connectivity index (χ1n) is 5.30. The van der Waals surface area contributed by atoms with Crippen molar-refractivity contribution >= 4 is 17.5 Å². The van der Waals surface area contributed by atoms with Crippen LogP contribution in [0.15, 0.2) is 24.3 Å². The van der Waals surface area contributed by atoms with E-state index in [0.717, 1.165) is 0 Å². The number of hydrogen-bond donors (Lipinski definition) is 2. The standard InChI is InChI=1S/C12H16ClNO3/c1-17-8-10(13)7-14-12(16)6-9-4-2-3-5-11(9)15/h2-5,10,15H,6-8H2,1H3,(H,14,16). The van der Waals surface area contributed by atoms with Crippen LogP contribution in [0, 0.1) is 0 Å². The fourth-order valence-electron chi connectivity index (χ4n) is 1.36. The van der Waals surface area contributed by atoms with Gasteiger partial charge in [-0.05, 0) is 6.07 Å². The minimum Gasteiger partial charge on any atom is -0.508 e. The van der Waals surface area contributed by atoms with Crippen LogP contribution in [0.1, 0.15) is 5.56 Å². The van der Waals surface area contributed by atoms with E-state index >= 15 is 0 Å². The van der Waals surface area contributed by atoms with Gasteiger partial charge in [0.25, 0.3) is 0 Å². The molecule has 1 unspecified atom stereocenters. The Balaban J connectivity index is 2.37. The smallest absolute Gasteiger partial charge is 0.224 e. The maximum Gasteiger partial charge on any atom is 0.224 e. The normalized spacial score (nSPS) is 12.1. The topological polar surface area (TPSA) is 58.6 Å². The Bertz CT molecular complexity index is 371. The summed E-state index contributed by atoms with van der Waals surface area (Å²) in [6.07, 6.45) is 0.142. The van der Waals surface area contributed by atoms with Crippen LogP contribution >= 0.6 is 11.6 Å². The summed E-state index contributed by atoms with van der Waals surface area (Å²) < 4.78 is 4.85. The van der Waals surface area contributed by atoms with Crippen LogP contribution in [0.5, 0.6) is 5.75 Å². The van der Waals surface area contributed by atoms with Crippen molar-refractivity contribution < 1.29 is 14.6 Å². The maximum atomic E-state index is 11.6. The molecule has 1 rings (SSSR count). The lowest BCUT2D eigenvalue weighted by molar-refractivity contribution is -0.120. The molecule has 0 aliphatic heterocycles. The van der Waals surface area contributed by atoms with Crippen molar-refractivity contribution in [3.63, 3.8) is 0 Å². The number of aromatic hydroxyl groups is 1. The second-order valence-corrected chi connectivity index (χ2v) is 4.28. The van der Waals surface area contributed by atoms with E-state index in [4.69, 9.17) is 16.3 Å². The van der Waals surface area contributed by atoms with E-state index in [1.165, 1.54) is 0 Å². The first-order chi connectivity index (χ1) is 8.13. The number of methoxy groups -OCH3 is 1. The highest BCUT2D eigenvalue weighted by Gasteiger charge is 2.09. The quantitative estimate of drug-likeness (QED) is 0.756. The first-order valence-corrected chi connectivity index (χ1v) is 5.73. The molecule has 0 bridgehead atoms. The van der Waals surface area contributed by atoms with Crippen LogP contribution < -0.4 is 5.32 Å². The average molecular weight is 258 g/mol. The number of phenolic OH excluding ortho intramolecular Hbond substituents is 1. The monoisotopic (exact) mass is 257 g/mol. The van der Waals surface area contributed by atoms with E-state index in [1.807, 2.05) is 0 Å². The van der Waals surface area contributed by atoms with Crippen LogP contribution in [-0.4, -0.2) is 36.7 Å². The lowest BCUT2D eigenvalue weighted by Crippen LogP contribution is -2.32. The number of hydrogen-bond acceptors (Lipinski definition) is 3. The molecule has 2 N–H and O–H groups in total. The Kier molecular flexibility index (Phi) is 5.80. The number of amides is 1. The molecule has 0 spiro atoms. The van der Waals surface area contributed by atoms with Gasteiger partial charge in [0.1, 0.15) is 5.75 Å². The Morgan fingerprint density at radius 2 is 2.24 bits per heavy atom. The molecule has 1 aromatic carbocycles. The number of benzene rings is 1. The summed E-state index contributed by atoms with van der Waals surface area (Å²) in [4.78, 5) is 11.6. The number of ether oxygens (including phenoxy) is 1. The largest absolute Gasteiger partial charge is 0.508 e. The van der Waals surface area contributed by atoms with Crippen molar-refractivity contribution in [3.05, 3.63) is 29.8 Å². The third-order valence-electron chi connectivity index (χ3n) is 2.21. The van der Waals surface area contributed by atoms with Crippen molar-refractivity contribution in [1.29, 1.82) is 0 Å². The molecular formula is C12H16ClNO3. The Labute approximate surface area is 106 Å². The number of halogens is 1. The van der Waals surface area contributed by atoms with Crippen molar-refractivity contribution in [2.24, 2.45) is 0 Å². The molecular weight excluding hydrogens is 242 g/mol. The molecule has 0 saturated carbocycles. The van der Waals surface area contributed by atoms with Gasteiger partial charge in [-0.1, -0.05) is 18.2 Å². The van der Waals surface area contributed by atoms with Gasteiger partial charge in [0.05, 0.1) is 18.4 Å². The van der Waals surface area contributed by atoms with E-state index in [-0.39, 0.29) is 23.5 Å². The number of para-hydroxylation sites is 1. The highest BCUT2D eigenvalue weighted by Crippen LogP contribution is 2.15. The van der Waals surface area contributed by atoms with Crippen molar-refractivity contribution in [2.45, 2.75) is 11.8 Å². The van der Waals surface area contributed by atoms with Gasteiger partial charge < -0.3 is 15.2 Å². The molecule has 1 amide bonds. The fourth-order valence-corrected chi connectivity index (χ4v) is 1.56. The Morgan fingerprint density at radius 1 is 1.53 bits per heavy atom. The summed E-state index contributed by atoms with van der Waals surface area (Å²) in [5, 5.41) is 11.9. The maximum absolute atomic E-state index is 11.6. The second kappa shape index (κ2) is 7.14. The van der Waals surface area contributed by atoms with E-state index in [1.54, 1.807) is 31.4 Å². The zero-order valence-corrected chi connectivity index (χ0v) is 10.4. The number of rotatable bonds is 6. The number of carbonyl (C=O) groups excluding carboxylic acids is 1. The van der Waals surface area contributed by atoms with E-state index in [2.05, 4.69) is 5.32 Å². The summed E-state index contributed by atoms with van der Waals surface area (Å²) >= 11 is 5.87. The fraction of sp³-hybridized carbons (Fsp3) is 0.417. The molecule has 1 atom stereocenters. The highest BCUT2D eigenvalue weighted by molar-refractivity contribution is 6.21. The molecule has 5 heteroatoms. The highest BCUT2D eigenvalue weighted by atomic mass is 35.5. The van der Waals surface area contributed by atoms with Crippen molar-refractivity contribution in [3.8, 4) is 5.75 Å². The van der Waals surface area contributed by atoms with Gasteiger partial charge in [-0.25, -0.2) is 0 Å². The van der Waals surface area contributed by atoms with Crippen LogP contribution in [0.25, 0.3) is 0 Å². The molecule has 94 valence electrons. The van der Waals surface area contributed by atoms with Gasteiger partial charge >= 0.3 is 0 Å². The van der Waals surface area contributed by atoms with E-state index in [0.29, 0.717) is 18.7 Å². The summed E-state index contributed by atoms with van der Waals surface area (Å²) in [5.41, 5.74) is 0.600. The predicted molar refractivity (Wildman–Crippen MR) is 66.3 cm³/mol. The molecule has 0 heterocycles. The summed E-state index contributed by atoms with van der Waals surface area (Å²) in [5.74, 6) is -0.0461. The van der Waals surface area contributed by atoms with E-state index < -0.39 is 0 Å². The van der Waals surface area contributed by atoms with Crippen molar-refractivity contribution in [2.75, 3.05) is 20.3 Å². The third kappa shape index (κ3) is 5.06. The SMILES string of the molecule is COCC(Cl)CNC(=O)Cc1ccccc1O. The lowest BCUT2D eigenvalue weighted by Gasteiger charge is -2.10. The molecule has 0 aliphatic rings. The number of nitrogens with one attached hydrogen (secondary N) is 1. The summed E-state index contributed by atoms with van der Waals surface area (Å²) in [7, 11) is 1.55. The van der Waals surface area contributed by atoms with Crippen LogP contribution in [0.3, 0.4) is 0 Å². The minimum absolute atomic E-state index is 0.127. The number of alkyl halides is 1. The zero-order valence-electron chi connectivity index (χ0n) is 9.65. The van der Waals surface area contributed by atoms with Crippen LogP contribution in [-0.2, 0) is 16.0 Å². The van der Waals surface area contributed by atoms with Crippen LogP contribution in [0.2, 0.25) is 0 Å². The van der Waals surface area contributed by atoms with Gasteiger partial charge in [-0.15, -0.1) is 11.6 Å². The van der Waals surface area contributed by atoms with Gasteiger partial charge in [0, 0.05) is 19.2 Å². The number of carbonyl (C=O) groups is 1. The molecule has 0 aliphatic carbocycles. The van der Waals surface area contributed by atoms with Gasteiger partial charge in [-0.2, -0.15) is 0 Å². The van der Waals surface area contributed by atoms with Gasteiger partial charge in [-0.3, -0.25) is 4.79 Å². The number of phenols is 1. The first kappa shape index (κ1) is 13.8. The minimum atomic E-state index is -0.242. The van der Waals surface area contributed by atoms with E-state index in [9.17, 15) is 9.90 Å². The molecule has 1 aromatic rings. The summed E-state index contributed by atoms with van der Waals surface area (Å²) in [6.45, 7) is 0.736. The molecule has 4 nitrogen and oxygen atoms in total. The molecule has 0 fully saturated rings. The van der Waals surface area contributed by atoms with Crippen LogP contribution in [0.4, 0.5) is 0 Å². The molecule has 0 saturated heterocycles. The van der Waals surface area contributed by atoms with Gasteiger partial charge in [0.15, 0.2) is 0 Å². The predicted octanol–water partition coefficient (Wildman–Crippen LogP) is 1.30. The second-order valence-electron chi connectivity index (χ2n) is 3.66. The summed E-state index contributed by atoms with van der Waals surface area (Å²) in [6, 6.07) is 6.75. The average Bonchev–Trinajstić information content (AvgIpc) is 2.30.